The van der Waals surface area contributed by atoms with Gasteiger partial charge >= 0.3 is 5.97 Å². The number of benzene rings is 2. The van der Waals surface area contributed by atoms with Crippen LogP contribution in [-0.2, 0) is 14.4 Å². The normalized spacial score (nSPS) is 14.0. The first kappa shape index (κ1) is 19.0. The van der Waals surface area contributed by atoms with Gasteiger partial charge in [0.1, 0.15) is 29.4 Å². The number of carbonyl (C=O) groups excluding carboxylic acids is 2. The topological polar surface area (TPSA) is 116 Å². The summed E-state index contributed by atoms with van der Waals surface area (Å²) < 4.78 is 5.71. The molecule has 3 rings (SSSR count). The number of rotatable bonds is 6. The largest absolute Gasteiger partial charge is 0.511 e. The van der Waals surface area contributed by atoms with E-state index in [1.165, 1.54) is 4.90 Å². The van der Waals surface area contributed by atoms with E-state index in [0.29, 0.717) is 17.2 Å². The third-order valence-electron chi connectivity index (χ3n) is 4.07. The third kappa shape index (κ3) is 4.29. The van der Waals surface area contributed by atoms with E-state index in [0.717, 1.165) is 0 Å². The average molecular weight is 382 g/mol. The Labute approximate surface area is 160 Å². The Bertz CT molecular complexity index is 921. The molecule has 8 nitrogen and oxygen atoms in total. The van der Waals surface area contributed by atoms with Gasteiger partial charge in [-0.3, -0.25) is 14.4 Å². The van der Waals surface area contributed by atoms with Crippen LogP contribution >= 0.6 is 0 Å². The molecule has 0 saturated carbocycles. The average Bonchev–Trinajstić information content (AvgIpc) is 2.68. The second kappa shape index (κ2) is 8.26. The van der Waals surface area contributed by atoms with Crippen LogP contribution < -0.4 is 15.0 Å². The molecule has 1 heterocycles. The van der Waals surface area contributed by atoms with Crippen molar-refractivity contribution in [2.75, 3.05) is 18.0 Å². The van der Waals surface area contributed by atoms with Gasteiger partial charge in [-0.1, -0.05) is 18.2 Å². The number of para-hydroxylation sites is 1. The molecule has 2 amide bonds. The van der Waals surface area contributed by atoms with Crippen molar-refractivity contribution < 1.29 is 29.3 Å². The predicted molar refractivity (Wildman–Crippen MR) is 100 cm³/mol. The molecular formula is C20H18N2O6. The van der Waals surface area contributed by atoms with Gasteiger partial charge in [0, 0.05) is 18.7 Å². The van der Waals surface area contributed by atoms with Crippen molar-refractivity contribution >= 4 is 23.5 Å². The Balaban J connectivity index is 1.74. The molecule has 1 aliphatic heterocycles. The number of carboxylic acids is 1. The fourth-order valence-corrected chi connectivity index (χ4v) is 2.74. The molecule has 0 spiro atoms. The van der Waals surface area contributed by atoms with Crippen LogP contribution in [0.4, 0.5) is 5.69 Å². The standard InChI is InChI=1S/C20H18N2O6/c23-16-10-11-22(20(27)18(16)19(26)21-12-17(24)25)13-6-8-15(9-7-13)28-14-4-2-1-3-5-14/h1-9,23H,10-12H2,(H,21,26)(H,24,25). The number of amides is 2. The molecule has 0 radical (unpaired) electrons. The van der Waals surface area contributed by atoms with Crippen molar-refractivity contribution in [1.29, 1.82) is 0 Å². The summed E-state index contributed by atoms with van der Waals surface area (Å²) in [5.41, 5.74) is 0.0820. The molecule has 0 bridgehead atoms. The third-order valence-corrected chi connectivity index (χ3v) is 4.07. The number of anilines is 1. The fraction of sp³-hybridized carbons (Fsp3) is 0.150. The molecule has 8 heteroatoms. The molecule has 144 valence electrons. The maximum Gasteiger partial charge on any atom is 0.322 e. The van der Waals surface area contributed by atoms with E-state index in [1.54, 1.807) is 24.3 Å². The molecule has 0 fully saturated rings. The van der Waals surface area contributed by atoms with E-state index in [4.69, 9.17) is 9.84 Å². The monoisotopic (exact) mass is 382 g/mol. The van der Waals surface area contributed by atoms with Crippen LogP contribution in [-0.4, -0.2) is 41.1 Å². The molecule has 1 aliphatic rings. The quantitative estimate of drug-likeness (QED) is 0.660. The van der Waals surface area contributed by atoms with Gasteiger partial charge in [0.2, 0.25) is 0 Å². The Morgan fingerprint density at radius 1 is 1.04 bits per heavy atom. The van der Waals surface area contributed by atoms with Gasteiger partial charge in [0.15, 0.2) is 0 Å². The van der Waals surface area contributed by atoms with E-state index in [-0.39, 0.29) is 18.7 Å². The molecule has 2 aromatic carbocycles. The maximum absolute atomic E-state index is 12.7. The van der Waals surface area contributed by atoms with E-state index < -0.39 is 29.9 Å². The molecule has 0 aromatic heterocycles. The highest BCUT2D eigenvalue weighted by Crippen LogP contribution is 2.28. The molecule has 28 heavy (non-hydrogen) atoms. The Morgan fingerprint density at radius 3 is 2.32 bits per heavy atom. The lowest BCUT2D eigenvalue weighted by Crippen LogP contribution is -2.43. The van der Waals surface area contributed by atoms with Gasteiger partial charge in [-0.2, -0.15) is 0 Å². The van der Waals surface area contributed by atoms with Crippen LogP contribution in [0.2, 0.25) is 0 Å². The van der Waals surface area contributed by atoms with E-state index >= 15 is 0 Å². The van der Waals surface area contributed by atoms with Crippen LogP contribution in [0.15, 0.2) is 65.9 Å². The molecule has 0 atom stereocenters. The smallest absolute Gasteiger partial charge is 0.322 e. The number of carboxylic acid groups (broad SMARTS) is 1. The van der Waals surface area contributed by atoms with Crippen LogP contribution in [0.5, 0.6) is 11.5 Å². The predicted octanol–water partition coefficient (Wildman–Crippen LogP) is 2.23. The summed E-state index contributed by atoms with van der Waals surface area (Å²) in [6.07, 6.45) is 0.0871. The summed E-state index contributed by atoms with van der Waals surface area (Å²) >= 11 is 0. The minimum absolute atomic E-state index is 0.0871. The molecule has 0 unspecified atom stereocenters. The lowest BCUT2D eigenvalue weighted by atomic mass is 10.0. The van der Waals surface area contributed by atoms with Crippen LogP contribution in [0, 0.1) is 0 Å². The van der Waals surface area contributed by atoms with Crippen LogP contribution in [0.1, 0.15) is 6.42 Å². The zero-order valence-electron chi connectivity index (χ0n) is 14.8. The lowest BCUT2D eigenvalue weighted by Gasteiger charge is -2.28. The first-order chi connectivity index (χ1) is 13.5. The number of aliphatic hydroxyl groups excluding tert-OH is 1. The van der Waals surface area contributed by atoms with Gasteiger partial charge < -0.3 is 25.2 Å². The van der Waals surface area contributed by atoms with Crippen molar-refractivity contribution in [3.05, 3.63) is 65.9 Å². The second-order valence-electron chi connectivity index (χ2n) is 6.01. The van der Waals surface area contributed by atoms with Gasteiger partial charge in [0.25, 0.3) is 11.8 Å². The summed E-state index contributed by atoms with van der Waals surface area (Å²) in [6.45, 7) is -0.451. The van der Waals surface area contributed by atoms with Crippen molar-refractivity contribution in [3.63, 3.8) is 0 Å². The van der Waals surface area contributed by atoms with Gasteiger partial charge in [-0.25, -0.2) is 0 Å². The van der Waals surface area contributed by atoms with E-state index in [2.05, 4.69) is 5.32 Å². The van der Waals surface area contributed by atoms with Gasteiger partial charge in [-0.05, 0) is 36.4 Å². The van der Waals surface area contributed by atoms with Gasteiger partial charge in [0.05, 0.1) is 0 Å². The number of aliphatic carboxylic acids is 1. The Kier molecular flexibility index (Phi) is 5.59. The number of hydrogen-bond acceptors (Lipinski definition) is 5. The van der Waals surface area contributed by atoms with Crippen molar-refractivity contribution in [3.8, 4) is 11.5 Å². The van der Waals surface area contributed by atoms with Crippen molar-refractivity contribution in [2.45, 2.75) is 6.42 Å². The molecule has 0 saturated heterocycles. The number of aliphatic hydroxyl groups is 1. The minimum atomic E-state index is -1.25. The van der Waals surface area contributed by atoms with Crippen molar-refractivity contribution in [2.24, 2.45) is 0 Å². The Morgan fingerprint density at radius 2 is 1.68 bits per heavy atom. The summed E-state index contributed by atoms with van der Waals surface area (Å²) in [4.78, 5) is 36.7. The first-order valence-electron chi connectivity index (χ1n) is 8.52. The highest BCUT2D eigenvalue weighted by Gasteiger charge is 2.33. The minimum Gasteiger partial charge on any atom is -0.511 e. The summed E-state index contributed by atoms with van der Waals surface area (Å²) in [6, 6.07) is 15.9. The second-order valence-corrected chi connectivity index (χ2v) is 6.01. The zero-order valence-corrected chi connectivity index (χ0v) is 14.8. The van der Waals surface area contributed by atoms with E-state index in [9.17, 15) is 19.5 Å². The van der Waals surface area contributed by atoms with Crippen LogP contribution in [0.25, 0.3) is 0 Å². The maximum atomic E-state index is 12.7. The molecule has 0 aliphatic carbocycles. The number of nitrogens with one attached hydrogen (secondary N) is 1. The summed E-state index contributed by atoms with van der Waals surface area (Å²) in [7, 11) is 0. The highest BCUT2D eigenvalue weighted by atomic mass is 16.5. The molecule has 2 aromatic rings. The van der Waals surface area contributed by atoms with Gasteiger partial charge in [-0.15, -0.1) is 0 Å². The Hall–Kier alpha value is -3.81. The number of ether oxygens (including phenoxy) is 1. The number of hydrogen-bond donors (Lipinski definition) is 3. The highest BCUT2D eigenvalue weighted by molar-refractivity contribution is 6.24. The summed E-state index contributed by atoms with van der Waals surface area (Å²) in [5.74, 6) is -1.95. The van der Waals surface area contributed by atoms with Crippen molar-refractivity contribution in [1.82, 2.24) is 5.32 Å². The summed E-state index contributed by atoms with van der Waals surface area (Å²) in [5, 5.41) is 20.7. The number of nitrogens with zero attached hydrogens (tertiary/aromatic N) is 1. The van der Waals surface area contributed by atoms with E-state index in [1.807, 2.05) is 30.3 Å². The first-order valence-corrected chi connectivity index (χ1v) is 8.52. The molecule has 3 N–H and O–H groups in total. The SMILES string of the molecule is O=C(O)CNC(=O)C1=C(O)CCN(c2ccc(Oc3ccccc3)cc2)C1=O. The molecular weight excluding hydrogens is 364 g/mol. The fourth-order valence-electron chi connectivity index (χ4n) is 2.74. The lowest BCUT2D eigenvalue weighted by molar-refractivity contribution is -0.137. The zero-order chi connectivity index (χ0) is 20.1. The number of carbonyl (C=O) groups is 3. The van der Waals surface area contributed by atoms with Crippen LogP contribution in [0.3, 0.4) is 0 Å².